The van der Waals surface area contributed by atoms with Gasteiger partial charge < -0.3 is 18.6 Å². The summed E-state index contributed by atoms with van der Waals surface area (Å²) in [5, 5.41) is 0.189. The number of ether oxygens (including phenoxy) is 3. The molecule has 0 N–H and O–H groups in total. The zero-order chi connectivity index (χ0) is 24.2. The van der Waals surface area contributed by atoms with Gasteiger partial charge in [-0.05, 0) is 61.7 Å². The Balaban J connectivity index is 1.82. The monoisotopic (exact) mass is 474 g/mol. The highest BCUT2D eigenvalue weighted by Gasteiger charge is 2.39. The third kappa shape index (κ3) is 10.8. The van der Waals surface area contributed by atoms with Crippen LogP contribution in [0, 0.1) is 17.8 Å². The van der Waals surface area contributed by atoms with Gasteiger partial charge in [-0.1, -0.05) is 63.9 Å². The van der Waals surface area contributed by atoms with E-state index in [9.17, 15) is 0 Å². The van der Waals surface area contributed by atoms with Crippen LogP contribution in [0.5, 0.6) is 0 Å². The van der Waals surface area contributed by atoms with Crippen molar-refractivity contribution < 1.29 is 18.6 Å². The zero-order valence-electron chi connectivity index (χ0n) is 21.8. The Bertz CT molecular complexity index is 711. The normalized spacial score (nSPS) is 18.9. The highest BCUT2D eigenvalue weighted by molar-refractivity contribution is 6.74. The van der Waals surface area contributed by atoms with Crippen LogP contribution in [0.4, 0.5) is 0 Å². The van der Waals surface area contributed by atoms with Gasteiger partial charge in [-0.25, -0.2) is 0 Å². The topological polar surface area (TPSA) is 36.9 Å². The van der Waals surface area contributed by atoms with Crippen molar-refractivity contribution in [3.05, 3.63) is 35.9 Å². The highest BCUT2D eigenvalue weighted by Crippen LogP contribution is 2.39. The van der Waals surface area contributed by atoms with Crippen LogP contribution in [0.25, 0.3) is 0 Å². The van der Waals surface area contributed by atoms with Crippen molar-refractivity contribution in [3.8, 4) is 11.8 Å². The molecule has 1 aromatic rings. The Morgan fingerprint density at radius 2 is 1.88 bits per heavy atom. The molecule has 1 aliphatic heterocycles. The maximum Gasteiger partial charge on any atom is 0.192 e. The van der Waals surface area contributed by atoms with Crippen LogP contribution >= 0.6 is 0 Å². The summed E-state index contributed by atoms with van der Waals surface area (Å²) in [5.41, 5.74) is 1.22. The molecule has 33 heavy (non-hydrogen) atoms. The molecule has 0 spiro atoms. The molecule has 3 atom stereocenters. The fraction of sp³-hybridized carbons (Fsp3) is 0.714. The van der Waals surface area contributed by atoms with E-state index in [4.69, 9.17) is 18.6 Å². The first-order valence-corrected chi connectivity index (χ1v) is 15.6. The minimum atomic E-state index is -1.86. The van der Waals surface area contributed by atoms with Crippen LogP contribution in [-0.2, 0) is 25.2 Å². The van der Waals surface area contributed by atoms with Crippen LogP contribution in [0.3, 0.4) is 0 Å². The molecule has 1 heterocycles. The van der Waals surface area contributed by atoms with Gasteiger partial charge in [-0.15, -0.1) is 5.92 Å². The second-order valence-electron chi connectivity index (χ2n) is 10.7. The van der Waals surface area contributed by atoms with Crippen molar-refractivity contribution in [2.75, 3.05) is 19.8 Å². The first kappa shape index (κ1) is 28.1. The largest absolute Gasteiger partial charge is 0.414 e. The molecule has 2 rings (SSSR count). The minimum Gasteiger partial charge on any atom is -0.414 e. The van der Waals surface area contributed by atoms with E-state index in [-0.39, 0.29) is 17.4 Å². The first-order valence-electron chi connectivity index (χ1n) is 12.7. The summed E-state index contributed by atoms with van der Waals surface area (Å²) in [7, 11) is -1.86. The van der Waals surface area contributed by atoms with Crippen LogP contribution in [0.1, 0.15) is 71.8 Å². The lowest BCUT2D eigenvalue weighted by atomic mass is 9.97. The predicted octanol–water partition coefficient (Wildman–Crippen LogP) is 6.95. The minimum absolute atomic E-state index is 0.0731. The Kier molecular flexibility index (Phi) is 12.2. The van der Waals surface area contributed by atoms with E-state index in [0.717, 1.165) is 45.3 Å². The lowest BCUT2D eigenvalue weighted by Crippen LogP contribution is -2.45. The molecular weight excluding hydrogens is 428 g/mol. The summed E-state index contributed by atoms with van der Waals surface area (Å²) in [5.74, 6) is 6.88. The van der Waals surface area contributed by atoms with E-state index in [1.807, 2.05) is 6.07 Å². The SMILES string of the molecule is C[C@@H](CC#CCOC1CCCCO1)[C@H](CCCOCc1ccccc1)O[Si](C)(C)C(C)(C)C. The maximum atomic E-state index is 6.85. The van der Waals surface area contributed by atoms with Gasteiger partial charge >= 0.3 is 0 Å². The first-order chi connectivity index (χ1) is 15.7. The third-order valence-electron chi connectivity index (χ3n) is 6.80. The van der Waals surface area contributed by atoms with Crippen molar-refractivity contribution in [2.24, 2.45) is 5.92 Å². The summed E-state index contributed by atoms with van der Waals surface area (Å²) >= 11 is 0. The molecule has 5 heteroatoms. The van der Waals surface area contributed by atoms with Gasteiger partial charge in [0.15, 0.2) is 14.6 Å². The summed E-state index contributed by atoms with van der Waals surface area (Å²) in [6, 6.07) is 10.4. The molecule has 186 valence electrons. The van der Waals surface area contributed by atoms with E-state index in [0.29, 0.717) is 19.1 Å². The van der Waals surface area contributed by atoms with E-state index in [1.54, 1.807) is 0 Å². The highest BCUT2D eigenvalue weighted by atomic mass is 28.4. The van der Waals surface area contributed by atoms with Gasteiger partial charge in [0.05, 0.1) is 6.61 Å². The van der Waals surface area contributed by atoms with Gasteiger partial charge in [-0.3, -0.25) is 0 Å². The summed E-state index contributed by atoms with van der Waals surface area (Å²) in [6.45, 7) is 16.5. The molecule has 1 aliphatic rings. The molecular formula is C28H46O4Si. The zero-order valence-corrected chi connectivity index (χ0v) is 22.8. The second-order valence-corrected chi connectivity index (χ2v) is 15.5. The standard InChI is InChI=1S/C28H46O4Si/c1-24(15-10-12-21-30-27-19-11-13-22-31-27)26(32-33(5,6)28(2,3)4)18-14-20-29-23-25-16-8-7-9-17-25/h7-9,16-17,24,26-27H,11,13-15,18-23H2,1-6H3/t24-,26-,27?/m0/s1. The van der Waals surface area contributed by atoms with Crippen LogP contribution in [-0.4, -0.2) is 40.5 Å². The lowest BCUT2D eigenvalue weighted by molar-refractivity contribution is -0.154. The number of hydrogen-bond donors (Lipinski definition) is 0. The van der Waals surface area contributed by atoms with E-state index in [1.165, 1.54) is 12.0 Å². The molecule has 0 aromatic heterocycles. The predicted molar refractivity (Wildman–Crippen MR) is 139 cm³/mol. The quantitative estimate of drug-likeness (QED) is 0.187. The molecule has 4 nitrogen and oxygen atoms in total. The van der Waals surface area contributed by atoms with Gasteiger partial charge in [-0.2, -0.15) is 0 Å². The van der Waals surface area contributed by atoms with Gasteiger partial charge in [0.1, 0.15) is 6.61 Å². The molecule has 1 fully saturated rings. The third-order valence-corrected chi connectivity index (χ3v) is 11.3. The average Bonchev–Trinajstić information content (AvgIpc) is 2.78. The molecule has 0 aliphatic carbocycles. The number of hydrogen-bond acceptors (Lipinski definition) is 4. The molecule has 1 aromatic carbocycles. The van der Waals surface area contributed by atoms with Crippen LogP contribution < -0.4 is 0 Å². The average molecular weight is 475 g/mol. The molecule has 0 radical (unpaired) electrons. The Morgan fingerprint density at radius 3 is 2.55 bits per heavy atom. The Morgan fingerprint density at radius 1 is 1.12 bits per heavy atom. The lowest BCUT2D eigenvalue weighted by Gasteiger charge is -2.41. The molecule has 0 amide bonds. The van der Waals surface area contributed by atoms with Crippen molar-refractivity contribution in [2.45, 2.75) is 103 Å². The van der Waals surface area contributed by atoms with Crippen LogP contribution in [0.2, 0.25) is 18.1 Å². The fourth-order valence-electron chi connectivity index (χ4n) is 3.56. The summed E-state index contributed by atoms with van der Waals surface area (Å²) in [6.07, 6.45) is 6.22. The fourth-order valence-corrected chi connectivity index (χ4v) is 5.02. The summed E-state index contributed by atoms with van der Waals surface area (Å²) in [4.78, 5) is 0. The Labute approximate surface area is 203 Å². The second kappa shape index (κ2) is 14.3. The Hall–Kier alpha value is -1.16. The molecule has 1 unspecified atom stereocenters. The smallest absolute Gasteiger partial charge is 0.192 e. The van der Waals surface area contributed by atoms with E-state index >= 15 is 0 Å². The molecule has 0 saturated carbocycles. The van der Waals surface area contributed by atoms with Crippen molar-refractivity contribution >= 4 is 8.32 Å². The molecule has 1 saturated heterocycles. The van der Waals surface area contributed by atoms with Gasteiger partial charge in [0, 0.05) is 25.7 Å². The van der Waals surface area contributed by atoms with E-state index < -0.39 is 8.32 Å². The van der Waals surface area contributed by atoms with E-state index in [2.05, 4.69) is 76.9 Å². The van der Waals surface area contributed by atoms with Gasteiger partial charge in [0.25, 0.3) is 0 Å². The van der Waals surface area contributed by atoms with Gasteiger partial charge in [0.2, 0.25) is 0 Å². The van der Waals surface area contributed by atoms with Crippen molar-refractivity contribution in [1.29, 1.82) is 0 Å². The summed E-state index contributed by atoms with van der Waals surface area (Å²) < 4.78 is 24.1. The van der Waals surface area contributed by atoms with Crippen molar-refractivity contribution in [1.82, 2.24) is 0 Å². The maximum absolute atomic E-state index is 6.85. The number of rotatable bonds is 12. The molecule has 0 bridgehead atoms. The number of benzene rings is 1. The van der Waals surface area contributed by atoms with Crippen molar-refractivity contribution in [3.63, 3.8) is 0 Å². The van der Waals surface area contributed by atoms with Crippen LogP contribution in [0.15, 0.2) is 30.3 Å².